The lowest BCUT2D eigenvalue weighted by molar-refractivity contribution is 0.0518. The molecule has 0 saturated heterocycles. The van der Waals surface area contributed by atoms with Crippen molar-refractivity contribution in [1.29, 1.82) is 0 Å². The van der Waals surface area contributed by atoms with Crippen molar-refractivity contribution < 1.29 is 33.3 Å². The lowest BCUT2D eigenvalue weighted by Gasteiger charge is -2.20. The van der Waals surface area contributed by atoms with Crippen LogP contribution in [-0.2, 0) is 9.47 Å². The van der Waals surface area contributed by atoms with Crippen LogP contribution in [-0.4, -0.2) is 57.1 Å². The molecule has 0 radical (unpaired) electrons. The Morgan fingerprint density at radius 1 is 1.07 bits per heavy atom. The lowest BCUT2D eigenvalue weighted by Crippen LogP contribution is -2.34. The summed E-state index contributed by atoms with van der Waals surface area (Å²) in [6, 6.07) is 3.36. The van der Waals surface area contributed by atoms with E-state index in [0.717, 1.165) is 0 Å². The Morgan fingerprint density at radius 3 is 2.36 bits per heavy atom. The van der Waals surface area contributed by atoms with Crippen LogP contribution in [0.4, 0.5) is 4.79 Å². The molecule has 0 saturated carbocycles. The van der Waals surface area contributed by atoms with Crippen LogP contribution in [0.25, 0.3) is 10.9 Å². The van der Waals surface area contributed by atoms with E-state index in [1.54, 1.807) is 32.9 Å². The van der Waals surface area contributed by atoms with Crippen LogP contribution in [0.3, 0.4) is 0 Å². The number of amides is 1. The third-order valence-electron chi connectivity index (χ3n) is 3.64. The number of esters is 1. The molecule has 1 heterocycles. The van der Waals surface area contributed by atoms with Crippen molar-refractivity contribution in [3.8, 4) is 17.2 Å². The second kappa shape index (κ2) is 8.73. The third-order valence-corrected chi connectivity index (χ3v) is 3.64. The van der Waals surface area contributed by atoms with E-state index in [1.807, 2.05) is 0 Å². The van der Waals surface area contributed by atoms with Gasteiger partial charge in [-0.2, -0.15) is 0 Å². The smallest absolute Gasteiger partial charge is 0.407 e. The summed E-state index contributed by atoms with van der Waals surface area (Å²) in [7, 11) is 4.29. The maximum atomic E-state index is 11.8. The summed E-state index contributed by atoms with van der Waals surface area (Å²) in [6.07, 6.45) is -0.530. The number of hydrogen-bond donors (Lipinski definition) is 2. The number of fused-ring (bicyclic) bond motifs is 1. The van der Waals surface area contributed by atoms with Crippen molar-refractivity contribution in [2.45, 2.75) is 26.4 Å². The van der Waals surface area contributed by atoms with Gasteiger partial charge in [-0.25, -0.2) is 9.59 Å². The SMILES string of the molecule is COC(=O)c1cc2cc(OC)c(OCCNC(=O)OC(C)(C)C)c(OC)c2[nH]1. The number of methoxy groups -OCH3 is 3. The quantitative estimate of drug-likeness (QED) is 0.549. The fraction of sp³-hybridized carbons (Fsp3) is 0.474. The Morgan fingerprint density at radius 2 is 1.79 bits per heavy atom. The summed E-state index contributed by atoms with van der Waals surface area (Å²) in [6.45, 7) is 5.73. The molecule has 2 aromatic rings. The molecule has 0 aliphatic heterocycles. The summed E-state index contributed by atoms with van der Waals surface area (Å²) in [5.41, 5.74) is 0.272. The molecular formula is C19H26N2O7. The number of benzene rings is 1. The van der Waals surface area contributed by atoms with E-state index in [0.29, 0.717) is 28.2 Å². The van der Waals surface area contributed by atoms with Crippen molar-refractivity contribution in [2.24, 2.45) is 0 Å². The number of H-pyrrole nitrogens is 1. The summed E-state index contributed by atoms with van der Waals surface area (Å²) in [4.78, 5) is 26.5. The number of alkyl carbamates (subject to hydrolysis) is 1. The molecule has 0 fully saturated rings. The second-order valence-corrected chi connectivity index (χ2v) is 6.86. The summed E-state index contributed by atoms with van der Waals surface area (Å²) in [5.74, 6) is 0.654. The number of nitrogens with one attached hydrogen (secondary N) is 2. The molecule has 2 N–H and O–H groups in total. The van der Waals surface area contributed by atoms with E-state index >= 15 is 0 Å². The van der Waals surface area contributed by atoms with Crippen molar-refractivity contribution >= 4 is 23.0 Å². The van der Waals surface area contributed by atoms with Gasteiger partial charge in [0.1, 0.15) is 17.9 Å². The predicted molar refractivity (Wildman–Crippen MR) is 102 cm³/mol. The van der Waals surface area contributed by atoms with Crippen molar-refractivity contribution in [3.05, 3.63) is 17.8 Å². The second-order valence-electron chi connectivity index (χ2n) is 6.86. The van der Waals surface area contributed by atoms with E-state index in [1.165, 1.54) is 21.3 Å². The van der Waals surface area contributed by atoms with Gasteiger partial charge in [0, 0.05) is 5.39 Å². The van der Waals surface area contributed by atoms with Gasteiger partial charge >= 0.3 is 12.1 Å². The molecule has 1 amide bonds. The Balaban J connectivity index is 2.18. The molecule has 0 atom stereocenters. The first-order valence-corrected chi connectivity index (χ1v) is 8.65. The molecule has 28 heavy (non-hydrogen) atoms. The summed E-state index contributed by atoms with van der Waals surface area (Å²) < 4.78 is 26.5. The van der Waals surface area contributed by atoms with Crippen LogP contribution in [0.2, 0.25) is 0 Å². The molecule has 9 heteroatoms. The van der Waals surface area contributed by atoms with Gasteiger partial charge in [-0.05, 0) is 32.9 Å². The highest BCUT2D eigenvalue weighted by Crippen LogP contribution is 2.43. The van der Waals surface area contributed by atoms with Crippen molar-refractivity contribution in [2.75, 3.05) is 34.5 Å². The van der Waals surface area contributed by atoms with Crippen molar-refractivity contribution in [1.82, 2.24) is 10.3 Å². The zero-order valence-electron chi connectivity index (χ0n) is 16.9. The van der Waals surface area contributed by atoms with Crippen molar-refractivity contribution in [3.63, 3.8) is 0 Å². The van der Waals surface area contributed by atoms with E-state index < -0.39 is 17.7 Å². The summed E-state index contributed by atoms with van der Waals surface area (Å²) in [5, 5.41) is 3.31. The van der Waals surface area contributed by atoms with Gasteiger partial charge < -0.3 is 34.0 Å². The Hall–Kier alpha value is -3.10. The number of carbonyl (C=O) groups is 2. The first kappa shape index (κ1) is 21.2. The van der Waals surface area contributed by atoms with Gasteiger partial charge in [0.25, 0.3) is 0 Å². The van der Waals surface area contributed by atoms with Gasteiger partial charge in [0.15, 0.2) is 11.5 Å². The van der Waals surface area contributed by atoms with Gasteiger partial charge in [0.05, 0.1) is 33.4 Å². The number of aromatic nitrogens is 1. The normalized spacial score (nSPS) is 11.1. The van der Waals surface area contributed by atoms with Gasteiger partial charge in [-0.1, -0.05) is 0 Å². The van der Waals surface area contributed by atoms with Crippen LogP contribution < -0.4 is 19.5 Å². The Labute approximate surface area is 163 Å². The molecule has 0 aliphatic carbocycles. The number of hydrogen-bond acceptors (Lipinski definition) is 7. The molecule has 2 rings (SSSR count). The first-order valence-electron chi connectivity index (χ1n) is 8.65. The highest BCUT2D eigenvalue weighted by Gasteiger charge is 2.21. The maximum absolute atomic E-state index is 11.8. The Bertz CT molecular complexity index is 852. The van der Waals surface area contributed by atoms with Gasteiger partial charge in [-0.15, -0.1) is 0 Å². The molecule has 0 spiro atoms. The van der Waals surface area contributed by atoms with E-state index in [4.69, 9.17) is 23.7 Å². The molecule has 0 bridgehead atoms. The van der Waals surface area contributed by atoms with E-state index in [2.05, 4.69) is 10.3 Å². The highest BCUT2D eigenvalue weighted by atomic mass is 16.6. The largest absolute Gasteiger partial charge is 0.493 e. The average Bonchev–Trinajstić information content (AvgIpc) is 3.05. The number of rotatable bonds is 7. The minimum Gasteiger partial charge on any atom is -0.493 e. The number of ether oxygens (including phenoxy) is 5. The topological polar surface area (TPSA) is 108 Å². The van der Waals surface area contributed by atoms with Crippen LogP contribution in [0, 0.1) is 0 Å². The standard InChI is InChI=1S/C19H26N2O7/c1-19(2,3)28-18(23)20-7-8-27-15-13(24-4)10-11-9-12(17(22)26-6)21-14(11)16(15)25-5/h9-10,21H,7-8H2,1-6H3,(H,20,23). The molecular weight excluding hydrogens is 368 g/mol. The summed E-state index contributed by atoms with van der Waals surface area (Å²) >= 11 is 0. The molecule has 9 nitrogen and oxygen atoms in total. The molecule has 0 aliphatic rings. The fourth-order valence-electron chi connectivity index (χ4n) is 2.53. The van der Waals surface area contributed by atoms with E-state index in [-0.39, 0.29) is 18.8 Å². The zero-order valence-corrected chi connectivity index (χ0v) is 16.9. The third kappa shape index (κ3) is 4.99. The predicted octanol–water partition coefficient (Wildman–Crippen LogP) is 2.88. The average molecular weight is 394 g/mol. The van der Waals surface area contributed by atoms with Crippen LogP contribution >= 0.6 is 0 Å². The van der Waals surface area contributed by atoms with Gasteiger partial charge in [-0.3, -0.25) is 0 Å². The molecule has 1 aromatic carbocycles. The highest BCUT2D eigenvalue weighted by molar-refractivity contribution is 5.98. The Kier molecular flexibility index (Phi) is 6.61. The van der Waals surface area contributed by atoms with Crippen LogP contribution in [0.15, 0.2) is 12.1 Å². The van der Waals surface area contributed by atoms with Gasteiger partial charge in [0.2, 0.25) is 5.75 Å². The maximum Gasteiger partial charge on any atom is 0.407 e. The monoisotopic (exact) mass is 394 g/mol. The zero-order chi connectivity index (χ0) is 20.9. The lowest BCUT2D eigenvalue weighted by atomic mass is 10.2. The minimum atomic E-state index is -0.576. The fourth-order valence-corrected chi connectivity index (χ4v) is 2.53. The molecule has 154 valence electrons. The molecule has 1 aromatic heterocycles. The molecule has 0 unspecified atom stereocenters. The van der Waals surface area contributed by atoms with E-state index in [9.17, 15) is 9.59 Å². The minimum absolute atomic E-state index is 0.155. The van der Waals surface area contributed by atoms with Crippen LogP contribution in [0.1, 0.15) is 31.3 Å². The number of aromatic amines is 1. The first-order chi connectivity index (χ1) is 13.2. The van der Waals surface area contributed by atoms with Crippen LogP contribution in [0.5, 0.6) is 17.2 Å². The number of carbonyl (C=O) groups excluding carboxylic acids is 2.